The zero-order valence-corrected chi connectivity index (χ0v) is 22.4. The van der Waals surface area contributed by atoms with Crippen LogP contribution in [-0.4, -0.2) is 16.9 Å². The van der Waals surface area contributed by atoms with Crippen LogP contribution in [0.4, 0.5) is 22.7 Å². The molecule has 7 heteroatoms. The lowest BCUT2D eigenvalue weighted by Gasteiger charge is -2.19. The predicted molar refractivity (Wildman–Crippen MR) is 159 cm³/mol. The van der Waals surface area contributed by atoms with Gasteiger partial charge in [0.2, 0.25) is 0 Å². The van der Waals surface area contributed by atoms with Crippen LogP contribution in [0.1, 0.15) is 47.1 Å². The van der Waals surface area contributed by atoms with Crippen LogP contribution in [0.5, 0.6) is 0 Å². The summed E-state index contributed by atoms with van der Waals surface area (Å²) >= 11 is 5.36. The summed E-state index contributed by atoms with van der Waals surface area (Å²) in [4.78, 5) is 25.7. The number of thiocarbonyl (C=S) groups is 1. The smallest absolute Gasteiger partial charge is 0.257 e. The minimum absolute atomic E-state index is 0.00274. The molecule has 192 valence electrons. The summed E-state index contributed by atoms with van der Waals surface area (Å²) in [6.07, 6.45) is 0. The Morgan fingerprint density at radius 1 is 0.632 bits per heavy atom. The normalized spacial score (nSPS) is 10.8. The largest absolute Gasteiger partial charge is 0.356 e. The molecule has 4 N–H and O–H groups in total. The number of hydrogen-bond donors (Lipinski definition) is 4. The molecule has 4 aromatic rings. The van der Waals surface area contributed by atoms with E-state index in [4.69, 9.17) is 12.2 Å². The number of carbonyl (C=O) groups is 2. The van der Waals surface area contributed by atoms with Gasteiger partial charge in [0.25, 0.3) is 11.8 Å². The Hall–Kier alpha value is -4.49. The molecule has 0 aromatic heterocycles. The lowest BCUT2D eigenvalue weighted by molar-refractivity contribution is 0.0976. The second-order valence-corrected chi connectivity index (χ2v) is 10.2. The van der Waals surface area contributed by atoms with Gasteiger partial charge in [-0.15, -0.1) is 0 Å². The standard InChI is InChI=1S/C31H30N4O2S/c1-31(2,3)22-15-13-21(14-16-22)28(36)35-30(38)34-27-12-8-7-11-26(27)29(37)33-25-19-17-24(18-20-25)32-23-9-5-4-6-10-23/h4-20,32H,1-3H3,(H,33,37)(H2,34,35,36,38). The molecule has 0 heterocycles. The van der Waals surface area contributed by atoms with E-state index in [1.54, 1.807) is 36.4 Å². The van der Waals surface area contributed by atoms with Gasteiger partial charge in [-0.25, -0.2) is 0 Å². The number of benzene rings is 4. The first kappa shape index (κ1) is 26.6. The Morgan fingerprint density at radius 2 is 1.21 bits per heavy atom. The summed E-state index contributed by atoms with van der Waals surface area (Å²) in [7, 11) is 0. The van der Waals surface area contributed by atoms with Crippen LogP contribution in [0.2, 0.25) is 0 Å². The van der Waals surface area contributed by atoms with Gasteiger partial charge in [-0.2, -0.15) is 0 Å². The summed E-state index contributed by atoms with van der Waals surface area (Å²) in [5.74, 6) is -0.627. The summed E-state index contributed by atoms with van der Waals surface area (Å²) < 4.78 is 0. The van der Waals surface area contributed by atoms with E-state index in [0.29, 0.717) is 22.5 Å². The fourth-order valence-electron chi connectivity index (χ4n) is 3.76. The summed E-state index contributed by atoms with van der Waals surface area (Å²) in [5, 5.41) is 12.0. The van der Waals surface area contributed by atoms with Crippen molar-refractivity contribution in [2.45, 2.75) is 26.2 Å². The number of nitrogens with one attached hydrogen (secondary N) is 4. The summed E-state index contributed by atoms with van der Waals surface area (Å²) in [6, 6.07) is 31.7. The van der Waals surface area contributed by atoms with Gasteiger partial charge >= 0.3 is 0 Å². The van der Waals surface area contributed by atoms with Crippen molar-refractivity contribution in [3.8, 4) is 0 Å². The number of amides is 2. The molecule has 2 amide bonds. The molecule has 0 unspecified atom stereocenters. The van der Waals surface area contributed by atoms with Crippen LogP contribution < -0.4 is 21.3 Å². The van der Waals surface area contributed by atoms with E-state index in [0.717, 1.165) is 16.9 Å². The Morgan fingerprint density at radius 3 is 1.87 bits per heavy atom. The van der Waals surface area contributed by atoms with Gasteiger partial charge in [0, 0.05) is 22.6 Å². The van der Waals surface area contributed by atoms with E-state index in [2.05, 4.69) is 42.0 Å². The molecule has 0 saturated carbocycles. The molecule has 0 spiro atoms. The summed E-state index contributed by atoms with van der Waals surface area (Å²) in [5.41, 5.74) is 5.05. The molecule has 38 heavy (non-hydrogen) atoms. The van der Waals surface area contributed by atoms with Crippen LogP contribution in [0.15, 0.2) is 103 Å². The van der Waals surface area contributed by atoms with Crippen LogP contribution in [-0.2, 0) is 5.41 Å². The SMILES string of the molecule is CC(C)(C)c1ccc(C(=O)NC(=S)Nc2ccccc2C(=O)Nc2ccc(Nc3ccccc3)cc2)cc1. The second kappa shape index (κ2) is 11.7. The van der Waals surface area contributed by atoms with Gasteiger partial charge in [-0.3, -0.25) is 14.9 Å². The van der Waals surface area contributed by atoms with E-state index >= 15 is 0 Å². The maximum absolute atomic E-state index is 13.1. The van der Waals surface area contributed by atoms with Gasteiger partial charge in [-0.1, -0.05) is 63.2 Å². The fourth-order valence-corrected chi connectivity index (χ4v) is 3.97. The Bertz CT molecular complexity index is 1430. The summed E-state index contributed by atoms with van der Waals surface area (Å²) in [6.45, 7) is 6.35. The molecule has 4 aromatic carbocycles. The highest BCUT2D eigenvalue weighted by Crippen LogP contribution is 2.23. The van der Waals surface area contributed by atoms with E-state index in [-0.39, 0.29) is 22.3 Å². The van der Waals surface area contributed by atoms with Crippen molar-refractivity contribution < 1.29 is 9.59 Å². The van der Waals surface area contributed by atoms with E-state index in [1.165, 1.54) is 0 Å². The van der Waals surface area contributed by atoms with Crippen LogP contribution in [0.3, 0.4) is 0 Å². The first-order valence-electron chi connectivity index (χ1n) is 12.2. The van der Waals surface area contributed by atoms with Gasteiger partial charge < -0.3 is 16.0 Å². The molecular formula is C31H30N4O2S. The topological polar surface area (TPSA) is 82.3 Å². The number of anilines is 4. The molecule has 0 aliphatic heterocycles. The average molecular weight is 523 g/mol. The van der Waals surface area contributed by atoms with Crippen LogP contribution in [0, 0.1) is 0 Å². The molecule has 0 bridgehead atoms. The molecule has 0 saturated heterocycles. The van der Waals surface area contributed by atoms with E-state index in [9.17, 15) is 9.59 Å². The number of carbonyl (C=O) groups excluding carboxylic acids is 2. The molecule has 0 fully saturated rings. The highest BCUT2D eigenvalue weighted by molar-refractivity contribution is 7.80. The lowest BCUT2D eigenvalue weighted by atomic mass is 9.87. The number of hydrogen-bond acceptors (Lipinski definition) is 4. The molecule has 0 aliphatic rings. The minimum Gasteiger partial charge on any atom is -0.356 e. The third-order valence-electron chi connectivity index (χ3n) is 5.87. The van der Waals surface area contributed by atoms with Crippen molar-refractivity contribution in [1.29, 1.82) is 0 Å². The first-order chi connectivity index (χ1) is 18.2. The average Bonchev–Trinajstić information content (AvgIpc) is 2.90. The molecule has 6 nitrogen and oxygen atoms in total. The molecule has 0 aliphatic carbocycles. The predicted octanol–water partition coefficient (Wildman–Crippen LogP) is 7.11. The first-order valence-corrected chi connectivity index (χ1v) is 12.7. The highest BCUT2D eigenvalue weighted by atomic mass is 32.1. The third kappa shape index (κ3) is 7.05. The Labute approximate surface area is 228 Å². The van der Waals surface area contributed by atoms with Crippen molar-refractivity contribution in [1.82, 2.24) is 5.32 Å². The minimum atomic E-state index is -0.325. The molecule has 0 radical (unpaired) electrons. The van der Waals surface area contributed by atoms with Crippen molar-refractivity contribution >= 4 is 51.9 Å². The lowest BCUT2D eigenvalue weighted by Crippen LogP contribution is -2.34. The quantitative estimate of drug-likeness (QED) is 0.203. The van der Waals surface area contributed by atoms with Gasteiger partial charge in [0.05, 0.1) is 11.3 Å². The van der Waals surface area contributed by atoms with Crippen molar-refractivity contribution in [3.63, 3.8) is 0 Å². The van der Waals surface area contributed by atoms with Crippen LogP contribution in [0.25, 0.3) is 0 Å². The maximum atomic E-state index is 13.1. The highest BCUT2D eigenvalue weighted by Gasteiger charge is 2.16. The maximum Gasteiger partial charge on any atom is 0.257 e. The van der Waals surface area contributed by atoms with E-state index in [1.807, 2.05) is 66.7 Å². The van der Waals surface area contributed by atoms with Gasteiger partial charge in [0.15, 0.2) is 5.11 Å². The third-order valence-corrected chi connectivity index (χ3v) is 6.07. The van der Waals surface area contributed by atoms with Gasteiger partial charge in [-0.05, 0) is 83.9 Å². The van der Waals surface area contributed by atoms with Crippen molar-refractivity contribution in [2.75, 3.05) is 16.0 Å². The Kier molecular flexibility index (Phi) is 8.19. The molecule has 4 rings (SSSR count). The zero-order valence-electron chi connectivity index (χ0n) is 21.5. The van der Waals surface area contributed by atoms with Crippen molar-refractivity contribution in [2.24, 2.45) is 0 Å². The van der Waals surface area contributed by atoms with E-state index < -0.39 is 0 Å². The second-order valence-electron chi connectivity index (χ2n) is 9.80. The van der Waals surface area contributed by atoms with Crippen molar-refractivity contribution in [3.05, 3.63) is 120 Å². The zero-order chi connectivity index (χ0) is 27.1. The molecule has 0 atom stereocenters. The van der Waals surface area contributed by atoms with Crippen LogP contribution >= 0.6 is 12.2 Å². The molecular weight excluding hydrogens is 492 g/mol. The number of rotatable bonds is 6. The van der Waals surface area contributed by atoms with Gasteiger partial charge in [0.1, 0.15) is 0 Å². The number of para-hydroxylation sites is 2. The Balaban J connectivity index is 1.37. The fraction of sp³-hybridized carbons (Fsp3) is 0.129. The monoisotopic (exact) mass is 522 g/mol.